The molecule has 0 spiro atoms. The highest BCUT2D eigenvalue weighted by atomic mass is 79.9. The van der Waals surface area contributed by atoms with Gasteiger partial charge in [-0.2, -0.15) is 0 Å². The van der Waals surface area contributed by atoms with E-state index in [0.29, 0.717) is 0 Å². The zero-order valence-electron chi connectivity index (χ0n) is 10.6. The number of hydrogen-bond donors (Lipinski definition) is 1. The Kier molecular flexibility index (Phi) is 5.25. The lowest BCUT2D eigenvalue weighted by molar-refractivity contribution is 0.414. The minimum absolute atomic E-state index is 0.732. The fourth-order valence-corrected chi connectivity index (χ4v) is 2.40. The second-order valence-electron chi connectivity index (χ2n) is 4.19. The topological polar surface area (TPSA) is 21.3 Å². The molecular formula is C15H15BrClNO. The van der Waals surface area contributed by atoms with E-state index >= 15 is 0 Å². The van der Waals surface area contributed by atoms with E-state index in [1.165, 1.54) is 5.56 Å². The van der Waals surface area contributed by atoms with Crippen LogP contribution >= 0.6 is 27.5 Å². The third kappa shape index (κ3) is 4.23. The fraction of sp³-hybridized carbons (Fsp3) is 0.200. The number of rotatable bonds is 5. The molecule has 0 bridgehead atoms. The van der Waals surface area contributed by atoms with E-state index in [1.807, 2.05) is 36.4 Å². The number of benzene rings is 2. The molecule has 4 heteroatoms. The standard InChI is InChI=1S/C15H15BrClNO/c1-19-14-4-2-3-11(7-14)9-18-10-12-8-13(16)5-6-15(12)17/h2-8,18H,9-10H2,1H3. The summed E-state index contributed by atoms with van der Waals surface area (Å²) in [5.74, 6) is 0.875. The molecular weight excluding hydrogens is 326 g/mol. The summed E-state index contributed by atoms with van der Waals surface area (Å²) < 4.78 is 6.24. The molecule has 0 heterocycles. The summed E-state index contributed by atoms with van der Waals surface area (Å²) in [5, 5.41) is 4.16. The van der Waals surface area contributed by atoms with Crippen LogP contribution in [0, 0.1) is 0 Å². The first-order valence-corrected chi connectivity index (χ1v) is 7.13. The van der Waals surface area contributed by atoms with Gasteiger partial charge < -0.3 is 10.1 Å². The van der Waals surface area contributed by atoms with Crippen LogP contribution in [0.2, 0.25) is 5.02 Å². The normalized spacial score (nSPS) is 10.5. The van der Waals surface area contributed by atoms with Crippen LogP contribution < -0.4 is 10.1 Å². The van der Waals surface area contributed by atoms with Crippen molar-refractivity contribution in [3.8, 4) is 5.75 Å². The Labute approximate surface area is 126 Å². The third-order valence-corrected chi connectivity index (χ3v) is 3.65. The highest BCUT2D eigenvalue weighted by Gasteiger charge is 2.01. The number of nitrogens with one attached hydrogen (secondary N) is 1. The monoisotopic (exact) mass is 339 g/mol. The second kappa shape index (κ2) is 6.94. The lowest BCUT2D eigenvalue weighted by Gasteiger charge is -2.08. The second-order valence-corrected chi connectivity index (χ2v) is 5.51. The molecule has 2 aromatic rings. The minimum atomic E-state index is 0.732. The van der Waals surface area contributed by atoms with E-state index in [-0.39, 0.29) is 0 Å². The average molecular weight is 341 g/mol. The molecule has 0 saturated carbocycles. The summed E-state index contributed by atoms with van der Waals surface area (Å²) in [6.07, 6.45) is 0. The maximum atomic E-state index is 6.14. The molecule has 19 heavy (non-hydrogen) atoms. The molecule has 0 atom stereocenters. The van der Waals surface area contributed by atoms with Crippen molar-refractivity contribution in [2.45, 2.75) is 13.1 Å². The number of halogens is 2. The van der Waals surface area contributed by atoms with Crippen molar-refractivity contribution in [1.29, 1.82) is 0 Å². The smallest absolute Gasteiger partial charge is 0.119 e. The van der Waals surface area contributed by atoms with Crippen molar-refractivity contribution in [3.05, 3.63) is 63.1 Å². The molecule has 0 aliphatic heterocycles. The zero-order chi connectivity index (χ0) is 13.7. The van der Waals surface area contributed by atoms with Crippen LogP contribution in [0.25, 0.3) is 0 Å². The van der Waals surface area contributed by atoms with Crippen LogP contribution in [-0.4, -0.2) is 7.11 Å². The molecule has 2 rings (SSSR count). The number of methoxy groups -OCH3 is 1. The van der Waals surface area contributed by atoms with Crippen molar-refractivity contribution in [1.82, 2.24) is 5.32 Å². The van der Waals surface area contributed by atoms with E-state index in [0.717, 1.165) is 33.9 Å². The molecule has 2 nitrogen and oxygen atoms in total. The van der Waals surface area contributed by atoms with Gasteiger partial charge in [0.25, 0.3) is 0 Å². The van der Waals surface area contributed by atoms with E-state index in [2.05, 4.69) is 27.3 Å². The van der Waals surface area contributed by atoms with E-state index in [9.17, 15) is 0 Å². The van der Waals surface area contributed by atoms with Gasteiger partial charge in [-0.3, -0.25) is 0 Å². The Morgan fingerprint density at radius 2 is 2.00 bits per heavy atom. The number of ether oxygens (including phenoxy) is 1. The van der Waals surface area contributed by atoms with Gasteiger partial charge in [0.05, 0.1) is 7.11 Å². The quantitative estimate of drug-likeness (QED) is 0.871. The predicted octanol–water partition coefficient (Wildman–Crippen LogP) is 4.40. The maximum Gasteiger partial charge on any atom is 0.119 e. The van der Waals surface area contributed by atoms with Gasteiger partial charge in [-0.25, -0.2) is 0 Å². The SMILES string of the molecule is COc1cccc(CNCc2cc(Br)ccc2Cl)c1. The number of hydrogen-bond acceptors (Lipinski definition) is 2. The van der Waals surface area contributed by atoms with Gasteiger partial charge in [0.15, 0.2) is 0 Å². The maximum absolute atomic E-state index is 6.14. The summed E-state index contributed by atoms with van der Waals surface area (Å²) in [6, 6.07) is 13.9. The molecule has 2 aromatic carbocycles. The summed E-state index contributed by atoms with van der Waals surface area (Å²) in [4.78, 5) is 0. The van der Waals surface area contributed by atoms with Gasteiger partial charge in [-0.05, 0) is 41.5 Å². The van der Waals surface area contributed by atoms with Gasteiger partial charge in [-0.15, -0.1) is 0 Å². The van der Waals surface area contributed by atoms with Gasteiger partial charge >= 0.3 is 0 Å². The van der Waals surface area contributed by atoms with Crippen molar-refractivity contribution in [2.24, 2.45) is 0 Å². The van der Waals surface area contributed by atoms with Crippen LogP contribution in [0.3, 0.4) is 0 Å². The van der Waals surface area contributed by atoms with Crippen molar-refractivity contribution >= 4 is 27.5 Å². The van der Waals surface area contributed by atoms with Crippen molar-refractivity contribution < 1.29 is 4.74 Å². The Morgan fingerprint density at radius 3 is 2.79 bits per heavy atom. The molecule has 0 fully saturated rings. The summed E-state index contributed by atoms with van der Waals surface area (Å²) in [7, 11) is 1.67. The van der Waals surface area contributed by atoms with Crippen LogP contribution in [0.4, 0.5) is 0 Å². The Bertz CT molecular complexity index is 560. The van der Waals surface area contributed by atoms with Crippen LogP contribution in [-0.2, 0) is 13.1 Å². The van der Waals surface area contributed by atoms with Crippen LogP contribution in [0.5, 0.6) is 5.75 Å². The molecule has 0 aliphatic carbocycles. The van der Waals surface area contributed by atoms with Gasteiger partial charge in [-0.1, -0.05) is 39.7 Å². The lowest BCUT2D eigenvalue weighted by atomic mass is 10.2. The Hall–Kier alpha value is -1.03. The largest absolute Gasteiger partial charge is 0.497 e. The Balaban J connectivity index is 1.94. The van der Waals surface area contributed by atoms with Gasteiger partial charge in [0, 0.05) is 22.6 Å². The highest BCUT2D eigenvalue weighted by Crippen LogP contribution is 2.21. The molecule has 0 saturated heterocycles. The van der Waals surface area contributed by atoms with Crippen LogP contribution in [0.1, 0.15) is 11.1 Å². The van der Waals surface area contributed by atoms with E-state index in [1.54, 1.807) is 7.11 Å². The van der Waals surface area contributed by atoms with Crippen LogP contribution in [0.15, 0.2) is 46.9 Å². The predicted molar refractivity (Wildman–Crippen MR) is 82.7 cm³/mol. The fourth-order valence-electron chi connectivity index (χ4n) is 1.80. The Morgan fingerprint density at radius 1 is 1.16 bits per heavy atom. The van der Waals surface area contributed by atoms with Gasteiger partial charge in [0.2, 0.25) is 0 Å². The zero-order valence-corrected chi connectivity index (χ0v) is 13.0. The van der Waals surface area contributed by atoms with Crippen molar-refractivity contribution in [3.63, 3.8) is 0 Å². The van der Waals surface area contributed by atoms with E-state index in [4.69, 9.17) is 16.3 Å². The first-order valence-electron chi connectivity index (χ1n) is 5.96. The third-order valence-electron chi connectivity index (χ3n) is 2.79. The highest BCUT2D eigenvalue weighted by molar-refractivity contribution is 9.10. The molecule has 0 amide bonds. The molecule has 0 aromatic heterocycles. The molecule has 100 valence electrons. The molecule has 0 radical (unpaired) electrons. The van der Waals surface area contributed by atoms with Gasteiger partial charge in [0.1, 0.15) is 5.75 Å². The van der Waals surface area contributed by atoms with Crippen molar-refractivity contribution in [2.75, 3.05) is 7.11 Å². The molecule has 1 N–H and O–H groups in total. The minimum Gasteiger partial charge on any atom is -0.497 e. The summed E-state index contributed by atoms with van der Waals surface area (Å²) in [5.41, 5.74) is 2.27. The van der Waals surface area contributed by atoms with E-state index < -0.39 is 0 Å². The molecule has 0 aliphatic rings. The lowest BCUT2D eigenvalue weighted by Crippen LogP contribution is -2.13. The molecule has 0 unspecified atom stereocenters. The summed E-state index contributed by atoms with van der Waals surface area (Å²) >= 11 is 9.59. The first kappa shape index (κ1) is 14.4. The first-order chi connectivity index (χ1) is 9.19. The summed E-state index contributed by atoms with van der Waals surface area (Å²) in [6.45, 7) is 1.51. The average Bonchev–Trinajstić information content (AvgIpc) is 2.43.